The Bertz CT molecular complexity index is 1030. The fraction of sp³-hybridized carbons (Fsp3) is 0.556. The Kier molecular flexibility index (Phi) is 13.1. The van der Waals surface area contributed by atoms with Crippen molar-refractivity contribution in [2.24, 2.45) is 11.3 Å². The van der Waals surface area contributed by atoms with Gasteiger partial charge in [-0.25, -0.2) is 4.79 Å². The van der Waals surface area contributed by atoms with E-state index in [2.05, 4.69) is 21.3 Å². The number of Topliss-reactive ketones (excluding diaryl/α,β-unsaturated/α-hetero) is 1. The number of alkyl carbamates (subject to hydrolysis) is 1. The van der Waals surface area contributed by atoms with Crippen molar-refractivity contribution in [1.82, 2.24) is 16.0 Å². The summed E-state index contributed by atoms with van der Waals surface area (Å²) in [6.45, 7) is 10.1. The number of aliphatic carboxylic acids is 1. The van der Waals surface area contributed by atoms with Gasteiger partial charge in [-0.1, -0.05) is 46.8 Å². The minimum absolute atomic E-state index is 0.0264. The summed E-state index contributed by atoms with van der Waals surface area (Å²) < 4.78 is 5.10. The molecule has 0 bridgehead atoms. The maximum atomic E-state index is 12.7. The zero-order valence-corrected chi connectivity index (χ0v) is 23.4. The van der Waals surface area contributed by atoms with Crippen molar-refractivity contribution in [3.63, 3.8) is 0 Å². The monoisotopic (exact) mass is 548 g/mol. The molecule has 0 heterocycles. The van der Waals surface area contributed by atoms with Crippen LogP contribution >= 0.6 is 0 Å². The summed E-state index contributed by atoms with van der Waals surface area (Å²) in [5.41, 5.74) is 0.549. The highest BCUT2D eigenvalue weighted by molar-refractivity contribution is 5.98. The number of benzene rings is 1. The fourth-order valence-corrected chi connectivity index (χ4v) is 3.10. The van der Waals surface area contributed by atoms with Crippen LogP contribution in [0.1, 0.15) is 66.4 Å². The zero-order chi connectivity index (χ0) is 29.8. The van der Waals surface area contributed by atoms with Gasteiger partial charge in [0.25, 0.3) is 0 Å². The fourth-order valence-electron chi connectivity index (χ4n) is 3.10. The third-order valence-corrected chi connectivity index (χ3v) is 5.63. The number of anilines is 1. The molecule has 0 saturated carbocycles. The van der Waals surface area contributed by atoms with Gasteiger partial charge >= 0.3 is 12.1 Å². The second-order valence-corrected chi connectivity index (χ2v) is 10.6. The van der Waals surface area contributed by atoms with Gasteiger partial charge < -0.3 is 31.1 Å². The number of nitrogens with one attached hydrogen (secondary N) is 4. The van der Waals surface area contributed by atoms with Gasteiger partial charge in [0.2, 0.25) is 17.7 Å². The molecule has 0 aliphatic carbocycles. The predicted molar refractivity (Wildman–Crippen MR) is 144 cm³/mol. The van der Waals surface area contributed by atoms with Crippen LogP contribution in [0, 0.1) is 11.3 Å². The van der Waals surface area contributed by atoms with E-state index >= 15 is 0 Å². The van der Waals surface area contributed by atoms with Crippen molar-refractivity contribution in [1.29, 1.82) is 0 Å². The maximum absolute atomic E-state index is 12.7. The lowest BCUT2D eigenvalue weighted by molar-refractivity contribution is -0.137. The third kappa shape index (κ3) is 12.9. The molecule has 12 heteroatoms. The Hall–Kier alpha value is -3.96. The second-order valence-electron chi connectivity index (χ2n) is 10.6. The SMILES string of the molecule is CC(C)[C@H](NC(=O)CCCC(=O)O)C(=O)N[C@@H](C)C(=O)Nc1ccc(COC(=O)NCC(=O)C(C)(C)C)cc1. The number of ether oxygens (including phenoxy) is 1. The van der Waals surface area contributed by atoms with Gasteiger partial charge in [0.05, 0.1) is 6.54 Å². The highest BCUT2D eigenvalue weighted by atomic mass is 16.5. The van der Waals surface area contributed by atoms with Gasteiger partial charge in [0, 0.05) is 23.9 Å². The number of carboxylic acids is 1. The normalized spacial score (nSPS) is 12.6. The van der Waals surface area contributed by atoms with Crippen LogP contribution in [0.25, 0.3) is 0 Å². The molecule has 1 rings (SSSR count). The molecule has 0 aliphatic heterocycles. The number of ketones is 1. The lowest BCUT2D eigenvalue weighted by atomic mass is 9.91. The minimum Gasteiger partial charge on any atom is -0.481 e. The second kappa shape index (κ2) is 15.5. The number of rotatable bonds is 14. The molecule has 0 radical (unpaired) electrons. The summed E-state index contributed by atoms with van der Waals surface area (Å²) in [4.78, 5) is 71.7. The van der Waals surface area contributed by atoms with E-state index < -0.39 is 47.3 Å². The highest BCUT2D eigenvalue weighted by Gasteiger charge is 2.27. The van der Waals surface area contributed by atoms with Crippen LogP contribution in [0.4, 0.5) is 10.5 Å². The van der Waals surface area contributed by atoms with E-state index in [1.54, 1.807) is 58.9 Å². The molecule has 12 nitrogen and oxygen atoms in total. The molecule has 0 aromatic heterocycles. The molecule has 216 valence electrons. The molecular weight excluding hydrogens is 508 g/mol. The molecule has 5 N–H and O–H groups in total. The van der Waals surface area contributed by atoms with E-state index in [0.29, 0.717) is 11.3 Å². The Labute approximate surface area is 228 Å². The maximum Gasteiger partial charge on any atom is 0.407 e. The number of carbonyl (C=O) groups is 6. The Morgan fingerprint density at radius 1 is 0.897 bits per heavy atom. The summed E-state index contributed by atoms with van der Waals surface area (Å²) in [5.74, 6) is -2.85. The first kappa shape index (κ1) is 33.1. The molecular formula is C27H40N4O8. The van der Waals surface area contributed by atoms with Crippen LogP contribution in [0.15, 0.2) is 24.3 Å². The summed E-state index contributed by atoms with van der Waals surface area (Å²) in [6, 6.07) is 4.73. The van der Waals surface area contributed by atoms with Crippen LogP contribution in [-0.4, -0.2) is 59.3 Å². The van der Waals surface area contributed by atoms with E-state index in [9.17, 15) is 28.8 Å². The van der Waals surface area contributed by atoms with Gasteiger partial charge in [-0.2, -0.15) is 0 Å². The number of amides is 4. The van der Waals surface area contributed by atoms with E-state index in [-0.39, 0.29) is 44.1 Å². The number of carbonyl (C=O) groups excluding carboxylic acids is 5. The summed E-state index contributed by atoms with van der Waals surface area (Å²) in [5, 5.41) is 19.0. The van der Waals surface area contributed by atoms with Gasteiger partial charge in [-0.3, -0.25) is 24.0 Å². The van der Waals surface area contributed by atoms with Crippen molar-refractivity contribution in [2.75, 3.05) is 11.9 Å². The first-order valence-corrected chi connectivity index (χ1v) is 12.8. The number of carboxylic acid groups (broad SMARTS) is 1. The smallest absolute Gasteiger partial charge is 0.407 e. The van der Waals surface area contributed by atoms with Crippen LogP contribution in [0.5, 0.6) is 0 Å². The van der Waals surface area contributed by atoms with E-state index in [1.165, 1.54) is 6.92 Å². The lowest BCUT2D eigenvalue weighted by Gasteiger charge is -2.24. The van der Waals surface area contributed by atoms with Crippen LogP contribution in [0.2, 0.25) is 0 Å². The van der Waals surface area contributed by atoms with E-state index in [0.717, 1.165) is 0 Å². The summed E-state index contributed by atoms with van der Waals surface area (Å²) >= 11 is 0. The molecule has 0 unspecified atom stereocenters. The van der Waals surface area contributed by atoms with Crippen molar-refractivity contribution >= 4 is 41.3 Å². The Morgan fingerprint density at radius 3 is 2.05 bits per heavy atom. The molecule has 1 aromatic carbocycles. The summed E-state index contributed by atoms with van der Waals surface area (Å²) in [7, 11) is 0. The summed E-state index contributed by atoms with van der Waals surface area (Å²) in [6.07, 6.45) is -0.734. The molecule has 2 atom stereocenters. The topological polar surface area (TPSA) is 180 Å². The zero-order valence-electron chi connectivity index (χ0n) is 23.4. The van der Waals surface area contributed by atoms with Crippen LogP contribution < -0.4 is 21.3 Å². The average Bonchev–Trinajstić information content (AvgIpc) is 2.84. The Morgan fingerprint density at radius 2 is 1.51 bits per heavy atom. The first-order chi connectivity index (χ1) is 18.1. The quantitative estimate of drug-likeness (QED) is 0.235. The van der Waals surface area contributed by atoms with Crippen molar-refractivity contribution < 1.29 is 38.6 Å². The predicted octanol–water partition coefficient (Wildman–Crippen LogP) is 2.37. The molecule has 1 aromatic rings. The van der Waals surface area contributed by atoms with Crippen LogP contribution in [0.3, 0.4) is 0 Å². The van der Waals surface area contributed by atoms with Gasteiger partial charge in [-0.05, 0) is 37.0 Å². The van der Waals surface area contributed by atoms with Gasteiger partial charge in [0.15, 0.2) is 5.78 Å². The molecule has 0 spiro atoms. The Balaban J connectivity index is 2.55. The average molecular weight is 549 g/mol. The van der Waals surface area contributed by atoms with Gasteiger partial charge in [0.1, 0.15) is 18.7 Å². The number of hydrogen-bond acceptors (Lipinski definition) is 7. The largest absolute Gasteiger partial charge is 0.481 e. The van der Waals surface area contributed by atoms with E-state index in [4.69, 9.17) is 9.84 Å². The molecule has 0 fully saturated rings. The van der Waals surface area contributed by atoms with Crippen LogP contribution in [-0.2, 0) is 35.3 Å². The lowest BCUT2D eigenvalue weighted by Crippen LogP contribution is -2.53. The first-order valence-electron chi connectivity index (χ1n) is 12.8. The standard InChI is InChI=1S/C27H40N4O8/c1-16(2)23(31-21(33)8-7-9-22(34)35)25(37)29-17(3)24(36)30-19-12-10-18(11-13-19)15-39-26(38)28-14-20(32)27(4,5)6/h10-13,16-17,23H,7-9,14-15H2,1-6H3,(H,28,38)(H,29,37)(H,30,36)(H,31,33)(H,34,35)/t17-,23-/m0/s1. The van der Waals surface area contributed by atoms with Crippen molar-refractivity contribution in [2.45, 2.75) is 79.5 Å². The molecule has 0 saturated heterocycles. The third-order valence-electron chi connectivity index (χ3n) is 5.63. The minimum atomic E-state index is -1.00. The van der Waals surface area contributed by atoms with E-state index in [1.807, 2.05) is 0 Å². The highest BCUT2D eigenvalue weighted by Crippen LogP contribution is 2.14. The van der Waals surface area contributed by atoms with Crippen molar-refractivity contribution in [3.05, 3.63) is 29.8 Å². The molecule has 4 amide bonds. The van der Waals surface area contributed by atoms with Crippen molar-refractivity contribution in [3.8, 4) is 0 Å². The van der Waals surface area contributed by atoms with Gasteiger partial charge in [-0.15, -0.1) is 0 Å². The molecule has 0 aliphatic rings. The number of hydrogen-bond donors (Lipinski definition) is 5. The molecule has 39 heavy (non-hydrogen) atoms.